The Morgan fingerprint density at radius 2 is 1.00 bits per heavy atom. The molecule has 2 heteroatoms. The van der Waals surface area contributed by atoms with Crippen molar-refractivity contribution >= 4 is 48.0 Å². The maximum Gasteiger partial charge on any atom is -0.0564 e. The molecule has 6 heavy (non-hydrogen) atoms. The Labute approximate surface area is 74.1 Å². The van der Waals surface area contributed by atoms with Crippen molar-refractivity contribution in [1.29, 1.82) is 0 Å². The van der Waals surface area contributed by atoms with E-state index in [9.17, 15) is 0 Å². The lowest BCUT2D eigenvalue weighted by atomic mass is 10.4. The summed E-state index contributed by atoms with van der Waals surface area (Å²) in [5.74, 6) is 0. The number of rotatable bonds is 1. The maximum absolute atomic E-state index is 2.18. The first-order valence-electron chi connectivity index (χ1n) is 1.91. The molecule has 0 nitrogen and oxygen atoms in total. The van der Waals surface area contributed by atoms with E-state index in [1.807, 2.05) is 0 Å². The highest BCUT2D eigenvalue weighted by atomic mass is 127. The predicted octanol–water partition coefficient (Wildman–Crippen LogP) is 3.04. The zero-order valence-corrected chi connectivity index (χ0v) is 8.89. The normalized spacial score (nSPS) is 5.00. The minimum Gasteiger partial charge on any atom is -0.107 e. The molecule has 0 saturated carbocycles. The van der Waals surface area contributed by atoms with Crippen LogP contribution in [0.5, 0.6) is 0 Å². The Bertz CT molecular complexity index is 7.51. The molecule has 0 heterocycles. The standard InChI is InChI=1S/C4H10.2HI/c1-3-4-2;;/h3-4H2,1-2H3;2*1H. The Hall–Kier alpha value is 1.46. The van der Waals surface area contributed by atoms with Gasteiger partial charge in [-0.1, -0.05) is 26.7 Å². The van der Waals surface area contributed by atoms with Gasteiger partial charge in [-0.25, -0.2) is 0 Å². The Morgan fingerprint density at radius 1 is 0.833 bits per heavy atom. The van der Waals surface area contributed by atoms with Crippen LogP contribution in [0.1, 0.15) is 26.7 Å². The van der Waals surface area contributed by atoms with Crippen LogP contribution >= 0.6 is 48.0 Å². The summed E-state index contributed by atoms with van der Waals surface area (Å²) in [4.78, 5) is 0. The van der Waals surface area contributed by atoms with Crippen molar-refractivity contribution < 1.29 is 0 Å². The van der Waals surface area contributed by atoms with E-state index in [0.717, 1.165) is 0 Å². The SMILES string of the molecule is CCCC.I.I. The minimum atomic E-state index is 0. The Kier molecular flexibility index (Phi) is 42.0. The first-order chi connectivity index (χ1) is 1.91. The Morgan fingerprint density at radius 3 is 1.00 bits per heavy atom. The van der Waals surface area contributed by atoms with Crippen LogP contribution < -0.4 is 0 Å². The number of unbranched alkanes of at least 4 members (excludes halogenated alkanes) is 1. The number of hydrogen-bond donors (Lipinski definition) is 0. The molecule has 0 spiro atoms. The largest absolute Gasteiger partial charge is 0.107 e. The van der Waals surface area contributed by atoms with E-state index in [-0.39, 0.29) is 48.0 Å². The van der Waals surface area contributed by atoms with E-state index in [1.54, 1.807) is 0 Å². The lowest BCUT2D eigenvalue weighted by molar-refractivity contribution is 0.886. The average Bonchev–Trinajstić information content (AvgIpc) is 1.37. The fraction of sp³-hybridized carbons (Fsp3) is 1.00. The van der Waals surface area contributed by atoms with Gasteiger partial charge in [0.15, 0.2) is 0 Å². The topological polar surface area (TPSA) is 0 Å². The van der Waals surface area contributed by atoms with Gasteiger partial charge >= 0.3 is 0 Å². The van der Waals surface area contributed by atoms with Gasteiger partial charge in [-0.05, 0) is 0 Å². The third-order valence-electron chi connectivity index (χ3n) is 0.500. The van der Waals surface area contributed by atoms with Crippen LogP contribution in [-0.4, -0.2) is 0 Å². The molecule has 0 aliphatic carbocycles. The molecule has 0 fully saturated rings. The van der Waals surface area contributed by atoms with Gasteiger partial charge in [0.05, 0.1) is 0 Å². The second kappa shape index (κ2) is 16.1. The third kappa shape index (κ3) is 17.9. The molecule has 0 bridgehead atoms. The van der Waals surface area contributed by atoms with Gasteiger partial charge in [0.25, 0.3) is 0 Å². The van der Waals surface area contributed by atoms with Gasteiger partial charge < -0.3 is 0 Å². The van der Waals surface area contributed by atoms with E-state index >= 15 is 0 Å². The van der Waals surface area contributed by atoms with Gasteiger partial charge in [0, 0.05) is 0 Å². The van der Waals surface area contributed by atoms with Crippen LogP contribution in [0.25, 0.3) is 0 Å². The molecule has 0 aromatic rings. The number of halogens is 2. The van der Waals surface area contributed by atoms with E-state index in [1.165, 1.54) is 12.8 Å². The van der Waals surface area contributed by atoms with Gasteiger partial charge in [-0.15, -0.1) is 48.0 Å². The van der Waals surface area contributed by atoms with E-state index in [0.29, 0.717) is 0 Å². The van der Waals surface area contributed by atoms with Crippen molar-refractivity contribution in [2.75, 3.05) is 0 Å². The van der Waals surface area contributed by atoms with Crippen molar-refractivity contribution in [3.8, 4) is 0 Å². The molecule has 0 aromatic heterocycles. The zero-order chi connectivity index (χ0) is 3.41. The second-order valence-corrected chi connectivity index (χ2v) is 1.000. The van der Waals surface area contributed by atoms with Crippen molar-refractivity contribution in [3.63, 3.8) is 0 Å². The van der Waals surface area contributed by atoms with Crippen molar-refractivity contribution in [3.05, 3.63) is 0 Å². The van der Waals surface area contributed by atoms with Crippen LogP contribution in [0, 0.1) is 0 Å². The minimum absolute atomic E-state index is 0. The summed E-state index contributed by atoms with van der Waals surface area (Å²) in [5.41, 5.74) is 0. The molecule has 0 N–H and O–H groups in total. The second-order valence-electron chi connectivity index (χ2n) is 1.000. The van der Waals surface area contributed by atoms with E-state index in [4.69, 9.17) is 0 Å². The summed E-state index contributed by atoms with van der Waals surface area (Å²) in [7, 11) is 0. The molecule has 0 atom stereocenters. The molecule has 0 amide bonds. The lowest BCUT2D eigenvalue weighted by Crippen LogP contribution is -1.47. The van der Waals surface area contributed by atoms with Crippen LogP contribution in [-0.2, 0) is 0 Å². The highest BCUT2D eigenvalue weighted by Crippen LogP contribution is 1.76. The van der Waals surface area contributed by atoms with Gasteiger partial charge in [0.1, 0.15) is 0 Å². The molecule has 42 valence electrons. The summed E-state index contributed by atoms with van der Waals surface area (Å²) < 4.78 is 0. The first kappa shape index (κ1) is 15.7. The predicted molar refractivity (Wildman–Crippen MR) is 51.4 cm³/mol. The van der Waals surface area contributed by atoms with Crippen molar-refractivity contribution in [2.45, 2.75) is 26.7 Å². The highest BCUT2D eigenvalue weighted by Gasteiger charge is 1.56. The summed E-state index contributed by atoms with van der Waals surface area (Å²) in [5, 5.41) is 0. The van der Waals surface area contributed by atoms with Crippen molar-refractivity contribution in [2.24, 2.45) is 0 Å². The monoisotopic (exact) mass is 314 g/mol. The van der Waals surface area contributed by atoms with Crippen molar-refractivity contribution in [1.82, 2.24) is 0 Å². The summed E-state index contributed by atoms with van der Waals surface area (Å²) in [6.07, 6.45) is 2.64. The van der Waals surface area contributed by atoms with Gasteiger partial charge in [-0.3, -0.25) is 0 Å². The molecule has 0 aliphatic heterocycles. The zero-order valence-electron chi connectivity index (χ0n) is 4.23. The van der Waals surface area contributed by atoms with E-state index < -0.39 is 0 Å². The smallest absolute Gasteiger partial charge is 0.0564 e. The van der Waals surface area contributed by atoms with Crippen LogP contribution in [0.4, 0.5) is 0 Å². The van der Waals surface area contributed by atoms with E-state index in [2.05, 4.69) is 13.8 Å². The maximum atomic E-state index is 2.18. The molecule has 0 saturated heterocycles. The van der Waals surface area contributed by atoms with Gasteiger partial charge in [0.2, 0.25) is 0 Å². The fourth-order valence-electron chi connectivity index (χ4n) is 0. The van der Waals surface area contributed by atoms with Crippen LogP contribution in [0.3, 0.4) is 0 Å². The third-order valence-corrected chi connectivity index (χ3v) is 0.500. The lowest BCUT2D eigenvalue weighted by Gasteiger charge is -1.68. The average molecular weight is 314 g/mol. The summed E-state index contributed by atoms with van der Waals surface area (Å²) >= 11 is 0. The molecule has 0 aromatic carbocycles. The molecular formula is C4H12I2. The molecule has 0 aliphatic rings. The summed E-state index contributed by atoms with van der Waals surface area (Å²) in [6, 6.07) is 0. The molecule has 0 radical (unpaired) electrons. The quantitative estimate of drug-likeness (QED) is 0.653. The first-order valence-corrected chi connectivity index (χ1v) is 1.91. The summed E-state index contributed by atoms with van der Waals surface area (Å²) in [6.45, 7) is 4.36. The van der Waals surface area contributed by atoms with Crippen LogP contribution in [0.2, 0.25) is 0 Å². The number of hydrogen-bond acceptors (Lipinski definition) is 0. The molecular weight excluding hydrogens is 302 g/mol. The van der Waals surface area contributed by atoms with Crippen LogP contribution in [0.15, 0.2) is 0 Å². The Balaban J connectivity index is -0.0000000450. The van der Waals surface area contributed by atoms with Gasteiger partial charge in [-0.2, -0.15) is 0 Å². The highest BCUT2D eigenvalue weighted by molar-refractivity contribution is 14.0. The fourth-order valence-corrected chi connectivity index (χ4v) is 0. The molecule has 0 unspecified atom stereocenters. The molecule has 0 rings (SSSR count).